The summed E-state index contributed by atoms with van der Waals surface area (Å²) in [6, 6.07) is 6.63. The average Bonchev–Trinajstić information content (AvgIpc) is 2.15. The smallest absolute Gasteiger partial charge is 0.385 e. The average molecular weight is 267 g/mol. The van der Waals surface area contributed by atoms with Crippen molar-refractivity contribution in [1.29, 1.82) is 0 Å². The van der Waals surface area contributed by atoms with Crippen LogP contribution < -0.4 is 0 Å². The zero-order chi connectivity index (χ0) is 13.1. The van der Waals surface area contributed by atoms with E-state index in [0.717, 1.165) is 0 Å². The van der Waals surface area contributed by atoms with Gasteiger partial charge in [-0.2, -0.15) is 13.2 Å². The van der Waals surface area contributed by atoms with Gasteiger partial charge in [-0.05, 0) is 25.8 Å². The maximum Gasteiger partial charge on any atom is 0.389 e. The summed E-state index contributed by atoms with van der Waals surface area (Å²) in [5.41, 5.74) is -0.868. The molecule has 0 aliphatic heterocycles. The highest BCUT2D eigenvalue weighted by Crippen LogP contribution is 2.33. The van der Waals surface area contributed by atoms with E-state index in [-0.39, 0.29) is 12.8 Å². The number of alkyl halides is 3. The third-order valence-electron chi connectivity index (χ3n) is 2.58. The van der Waals surface area contributed by atoms with E-state index in [0.29, 0.717) is 10.6 Å². The molecule has 0 aromatic heterocycles. The van der Waals surface area contributed by atoms with E-state index in [1.54, 1.807) is 24.3 Å². The third kappa shape index (κ3) is 4.56. The Morgan fingerprint density at radius 3 is 2.29 bits per heavy atom. The second kappa shape index (κ2) is 5.27. The predicted molar refractivity (Wildman–Crippen MR) is 60.9 cm³/mol. The van der Waals surface area contributed by atoms with Gasteiger partial charge in [0.15, 0.2) is 0 Å². The van der Waals surface area contributed by atoms with Crippen LogP contribution in [0.1, 0.15) is 31.7 Å². The number of hydrogen-bond acceptors (Lipinski definition) is 1. The Balaban J connectivity index is 2.66. The first-order valence-electron chi connectivity index (χ1n) is 5.26. The number of hydrogen-bond donors (Lipinski definition) is 1. The van der Waals surface area contributed by atoms with Gasteiger partial charge < -0.3 is 5.11 Å². The van der Waals surface area contributed by atoms with Gasteiger partial charge in [0.1, 0.15) is 0 Å². The number of rotatable bonds is 4. The monoisotopic (exact) mass is 266 g/mol. The van der Waals surface area contributed by atoms with Gasteiger partial charge in [0, 0.05) is 17.0 Å². The first-order valence-corrected chi connectivity index (χ1v) is 5.64. The highest BCUT2D eigenvalue weighted by atomic mass is 35.5. The minimum Gasteiger partial charge on any atom is -0.385 e. The van der Waals surface area contributed by atoms with Crippen molar-refractivity contribution in [2.45, 2.75) is 38.0 Å². The molecule has 0 aliphatic rings. The minimum absolute atomic E-state index is 0.0241. The van der Waals surface area contributed by atoms with Gasteiger partial charge in [0.05, 0.1) is 5.60 Å². The molecule has 1 unspecified atom stereocenters. The van der Waals surface area contributed by atoms with Crippen molar-refractivity contribution in [3.63, 3.8) is 0 Å². The van der Waals surface area contributed by atoms with Crippen LogP contribution in [0.4, 0.5) is 13.2 Å². The molecule has 1 aromatic carbocycles. The van der Waals surface area contributed by atoms with Gasteiger partial charge in [0.2, 0.25) is 0 Å². The molecule has 17 heavy (non-hydrogen) atoms. The van der Waals surface area contributed by atoms with Crippen LogP contribution in [-0.2, 0) is 5.60 Å². The molecule has 0 heterocycles. The van der Waals surface area contributed by atoms with Crippen LogP contribution in [0.5, 0.6) is 0 Å². The second-order valence-corrected chi connectivity index (χ2v) is 4.63. The van der Waals surface area contributed by atoms with Gasteiger partial charge in [0.25, 0.3) is 0 Å². The van der Waals surface area contributed by atoms with Gasteiger partial charge in [-0.1, -0.05) is 29.8 Å². The molecular formula is C12H14ClF3O. The lowest BCUT2D eigenvalue weighted by Gasteiger charge is -2.25. The van der Waals surface area contributed by atoms with Crippen molar-refractivity contribution in [2.24, 2.45) is 0 Å². The number of aliphatic hydroxyl groups is 1. The van der Waals surface area contributed by atoms with Gasteiger partial charge >= 0.3 is 6.18 Å². The summed E-state index contributed by atoms with van der Waals surface area (Å²) in [6.45, 7) is 1.48. The van der Waals surface area contributed by atoms with E-state index in [2.05, 4.69) is 0 Å². The second-order valence-electron chi connectivity index (χ2n) is 4.22. The van der Waals surface area contributed by atoms with Crippen molar-refractivity contribution >= 4 is 11.6 Å². The van der Waals surface area contributed by atoms with Crippen LogP contribution in [0.25, 0.3) is 0 Å². The fourth-order valence-electron chi connectivity index (χ4n) is 1.67. The molecule has 1 rings (SSSR count). The molecule has 0 radical (unpaired) electrons. The summed E-state index contributed by atoms with van der Waals surface area (Å²) < 4.78 is 36.0. The number of halogens is 4. The van der Waals surface area contributed by atoms with E-state index in [9.17, 15) is 18.3 Å². The molecule has 1 nitrogen and oxygen atoms in total. The van der Waals surface area contributed by atoms with Crippen LogP contribution in [0.15, 0.2) is 24.3 Å². The van der Waals surface area contributed by atoms with Crippen molar-refractivity contribution in [2.75, 3.05) is 0 Å². The molecule has 1 N–H and O–H groups in total. The first-order chi connectivity index (χ1) is 7.72. The van der Waals surface area contributed by atoms with Gasteiger partial charge in [-0.3, -0.25) is 0 Å². The molecule has 0 saturated carbocycles. The van der Waals surface area contributed by atoms with Crippen molar-refractivity contribution in [3.05, 3.63) is 34.9 Å². The normalized spacial score (nSPS) is 15.6. The Hall–Kier alpha value is -0.740. The standard InChI is InChI=1S/C12H14ClF3O/c1-11(17,7-4-8-12(14,15)16)9-5-2-3-6-10(9)13/h2-3,5-6,17H,4,7-8H2,1H3. The van der Waals surface area contributed by atoms with Crippen LogP contribution in [0.3, 0.4) is 0 Å². The lowest BCUT2D eigenvalue weighted by Crippen LogP contribution is -2.22. The van der Waals surface area contributed by atoms with Crippen molar-refractivity contribution < 1.29 is 18.3 Å². The predicted octanol–water partition coefficient (Wildman–Crippen LogP) is 4.28. The molecule has 0 aliphatic carbocycles. The Morgan fingerprint density at radius 1 is 1.18 bits per heavy atom. The number of benzene rings is 1. The lowest BCUT2D eigenvalue weighted by atomic mass is 9.90. The van der Waals surface area contributed by atoms with Gasteiger partial charge in [-0.15, -0.1) is 0 Å². The summed E-state index contributed by atoms with van der Waals surface area (Å²) in [5.74, 6) is 0. The van der Waals surface area contributed by atoms with Crippen LogP contribution in [0, 0.1) is 0 Å². The first kappa shape index (κ1) is 14.3. The molecular weight excluding hydrogens is 253 g/mol. The van der Waals surface area contributed by atoms with E-state index < -0.39 is 18.2 Å². The molecule has 1 atom stereocenters. The fraction of sp³-hybridized carbons (Fsp3) is 0.500. The Kier molecular flexibility index (Phi) is 4.44. The SMILES string of the molecule is CC(O)(CCCC(F)(F)F)c1ccccc1Cl. The lowest BCUT2D eigenvalue weighted by molar-refractivity contribution is -0.137. The van der Waals surface area contributed by atoms with Crippen molar-refractivity contribution in [1.82, 2.24) is 0 Å². The molecule has 0 bridgehead atoms. The largest absolute Gasteiger partial charge is 0.389 e. The maximum atomic E-state index is 12.0. The summed E-state index contributed by atoms with van der Waals surface area (Å²) in [4.78, 5) is 0. The van der Waals surface area contributed by atoms with E-state index in [1.165, 1.54) is 6.92 Å². The topological polar surface area (TPSA) is 20.2 Å². The Bertz CT molecular complexity index is 374. The summed E-state index contributed by atoms with van der Waals surface area (Å²) in [5, 5.41) is 10.5. The fourth-order valence-corrected chi connectivity index (χ4v) is 2.01. The van der Waals surface area contributed by atoms with Gasteiger partial charge in [-0.25, -0.2) is 0 Å². The highest BCUT2D eigenvalue weighted by molar-refractivity contribution is 6.31. The van der Waals surface area contributed by atoms with Crippen LogP contribution >= 0.6 is 11.6 Å². The molecule has 0 amide bonds. The minimum atomic E-state index is -4.18. The summed E-state index contributed by atoms with van der Waals surface area (Å²) in [6.07, 6.45) is -5.18. The molecule has 0 spiro atoms. The highest BCUT2D eigenvalue weighted by Gasteiger charge is 2.30. The summed E-state index contributed by atoms with van der Waals surface area (Å²) >= 11 is 5.90. The van der Waals surface area contributed by atoms with Crippen LogP contribution in [0.2, 0.25) is 5.02 Å². The quantitative estimate of drug-likeness (QED) is 0.862. The Labute approximate surface area is 103 Å². The molecule has 1 aromatic rings. The van der Waals surface area contributed by atoms with E-state index >= 15 is 0 Å². The maximum absolute atomic E-state index is 12.0. The van der Waals surface area contributed by atoms with Crippen LogP contribution in [-0.4, -0.2) is 11.3 Å². The molecule has 0 saturated heterocycles. The summed E-state index contributed by atoms with van der Waals surface area (Å²) in [7, 11) is 0. The Morgan fingerprint density at radius 2 is 1.76 bits per heavy atom. The van der Waals surface area contributed by atoms with E-state index in [1.807, 2.05) is 0 Å². The third-order valence-corrected chi connectivity index (χ3v) is 2.91. The van der Waals surface area contributed by atoms with Crippen molar-refractivity contribution in [3.8, 4) is 0 Å². The molecule has 5 heteroatoms. The zero-order valence-electron chi connectivity index (χ0n) is 9.39. The molecule has 0 fully saturated rings. The zero-order valence-corrected chi connectivity index (χ0v) is 10.1. The molecule has 96 valence electrons. The van der Waals surface area contributed by atoms with E-state index in [4.69, 9.17) is 11.6 Å².